The minimum atomic E-state index is 0.775. The van der Waals surface area contributed by atoms with Crippen LogP contribution in [0.5, 0.6) is 0 Å². The molecule has 0 saturated heterocycles. The van der Waals surface area contributed by atoms with Crippen molar-refractivity contribution in [3.8, 4) is 78.7 Å². The number of fused-ring (bicyclic) bond motifs is 7. The second kappa shape index (κ2) is 17.7. The van der Waals surface area contributed by atoms with Gasteiger partial charge in [-0.3, -0.25) is 9.13 Å². The summed E-state index contributed by atoms with van der Waals surface area (Å²) in [5.41, 5.74) is 16.9. The lowest BCUT2D eigenvalue weighted by Gasteiger charge is -2.27. The van der Waals surface area contributed by atoms with Gasteiger partial charge in [0.25, 0.3) is 0 Å². The molecule has 72 heavy (non-hydrogen) atoms. The molecular formula is C68H46N4. The highest BCUT2D eigenvalue weighted by atomic mass is 15.1. The monoisotopic (exact) mass is 918 g/mol. The summed E-state index contributed by atoms with van der Waals surface area (Å²) in [5.74, 6) is 1.69. The van der Waals surface area contributed by atoms with Crippen molar-refractivity contribution in [2.75, 3.05) is 0 Å². The minimum absolute atomic E-state index is 0.775. The van der Waals surface area contributed by atoms with E-state index in [1.54, 1.807) is 0 Å². The van der Waals surface area contributed by atoms with Gasteiger partial charge in [-0.1, -0.05) is 207 Å². The van der Waals surface area contributed by atoms with Gasteiger partial charge in [0.15, 0.2) is 0 Å². The normalized spacial score (nSPS) is 11.4. The quantitative estimate of drug-likeness (QED) is 0.128. The van der Waals surface area contributed by atoms with E-state index in [9.17, 15) is 0 Å². The number of rotatable bonds is 10. The maximum Gasteiger partial charge on any atom is 0.145 e. The van der Waals surface area contributed by atoms with E-state index in [1.807, 2.05) is 18.2 Å². The van der Waals surface area contributed by atoms with E-state index in [-0.39, 0.29) is 0 Å². The van der Waals surface area contributed by atoms with Gasteiger partial charge >= 0.3 is 0 Å². The molecule has 0 aliphatic heterocycles. The van der Waals surface area contributed by atoms with Gasteiger partial charge in [0.05, 0.1) is 22.4 Å². The molecule has 0 unspecified atom stereocenters. The van der Waals surface area contributed by atoms with Gasteiger partial charge < -0.3 is 0 Å². The van der Waals surface area contributed by atoms with Crippen molar-refractivity contribution >= 4 is 55.5 Å². The van der Waals surface area contributed by atoms with Gasteiger partial charge in [0, 0.05) is 22.5 Å². The van der Waals surface area contributed by atoms with E-state index in [4.69, 9.17) is 9.97 Å². The zero-order valence-electron chi connectivity index (χ0n) is 39.5. The van der Waals surface area contributed by atoms with Crippen LogP contribution in [0.3, 0.4) is 0 Å². The lowest BCUT2D eigenvalue weighted by Crippen LogP contribution is -2.01. The molecule has 0 spiro atoms. The summed E-state index contributed by atoms with van der Waals surface area (Å²) in [6, 6.07) is 87.2. The Balaban J connectivity index is 1.28. The van der Waals surface area contributed by atoms with Crippen molar-refractivity contribution in [3.63, 3.8) is 0 Å². The van der Waals surface area contributed by atoms with Gasteiger partial charge in [0.1, 0.15) is 11.6 Å². The molecule has 338 valence electrons. The van der Waals surface area contributed by atoms with Crippen LogP contribution in [0.1, 0.15) is 11.4 Å². The fraction of sp³-hybridized carbons (Fsp3) is 0. The Hall–Kier alpha value is -9.64. The maximum absolute atomic E-state index is 5.41. The zero-order valence-corrected chi connectivity index (χ0v) is 39.5. The number of para-hydroxylation sites is 4. The van der Waals surface area contributed by atoms with Crippen LogP contribution in [0.15, 0.2) is 256 Å². The third-order valence-corrected chi connectivity index (χ3v) is 14.1. The minimum Gasteiger partial charge on any atom is -0.292 e. The molecule has 13 aromatic rings. The van der Waals surface area contributed by atoms with E-state index in [0.717, 1.165) is 122 Å². The Bertz CT molecular complexity index is 4190. The van der Waals surface area contributed by atoms with E-state index in [2.05, 4.69) is 259 Å². The van der Waals surface area contributed by atoms with Crippen LogP contribution < -0.4 is 0 Å². The van der Waals surface area contributed by atoms with Gasteiger partial charge in [-0.25, -0.2) is 9.97 Å². The smallest absolute Gasteiger partial charge is 0.145 e. The average molecular weight is 919 g/mol. The molecule has 11 aromatic carbocycles. The molecule has 0 amide bonds. The predicted octanol–water partition coefficient (Wildman–Crippen LogP) is 18.0. The van der Waals surface area contributed by atoms with Crippen LogP contribution in [0.25, 0.3) is 134 Å². The van der Waals surface area contributed by atoms with Crippen LogP contribution in [-0.2, 0) is 0 Å². The highest BCUT2D eigenvalue weighted by Gasteiger charge is 2.28. The molecule has 0 aliphatic rings. The highest BCUT2D eigenvalue weighted by molar-refractivity contribution is 6.35. The average Bonchev–Trinajstić information content (AvgIpc) is 4.05. The first-order valence-electron chi connectivity index (χ1n) is 24.4. The molecular weight excluding hydrogens is 873 g/mol. The van der Waals surface area contributed by atoms with Crippen LogP contribution in [0, 0.1) is 0 Å². The van der Waals surface area contributed by atoms with Crippen molar-refractivity contribution in [3.05, 3.63) is 267 Å². The van der Waals surface area contributed by atoms with Crippen molar-refractivity contribution in [2.45, 2.75) is 0 Å². The first kappa shape index (κ1) is 42.5. The maximum atomic E-state index is 5.41. The molecule has 0 N–H and O–H groups in total. The van der Waals surface area contributed by atoms with Gasteiger partial charge in [-0.05, 0) is 138 Å². The molecule has 0 atom stereocenters. The Morgan fingerprint density at radius 1 is 0.319 bits per heavy atom. The molecule has 2 aromatic heterocycles. The number of hydrogen-bond acceptors (Lipinski definition) is 2. The molecule has 4 heteroatoms. The fourth-order valence-electron chi connectivity index (χ4n) is 11.0. The number of hydrogen-bond donors (Lipinski definition) is 0. The summed E-state index contributed by atoms with van der Waals surface area (Å²) >= 11 is 0. The molecule has 0 aliphatic carbocycles. The molecule has 0 bridgehead atoms. The van der Waals surface area contributed by atoms with Crippen LogP contribution in [0.4, 0.5) is 0 Å². The van der Waals surface area contributed by atoms with Crippen molar-refractivity contribution in [2.24, 2.45) is 0 Å². The first-order chi connectivity index (χ1) is 35.7. The SMILES string of the molecule is C=Cc1nc(-c2ccc3c4ccc(-c5nc6ccccc6n5-c5ccccc5)cc4c4c(-c5ccccc5)c(-c5ccccc5)c(-c5ccccc5)c(-c5ccccc5)c4c3c2)n(-c2ccccc2)c1C=C. The summed E-state index contributed by atoms with van der Waals surface area (Å²) in [5, 5.41) is 6.85. The van der Waals surface area contributed by atoms with Crippen molar-refractivity contribution in [1.29, 1.82) is 0 Å². The number of aromatic nitrogens is 4. The molecule has 4 nitrogen and oxygen atoms in total. The van der Waals surface area contributed by atoms with E-state index in [1.165, 1.54) is 11.1 Å². The first-order valence-corrected chi connectivity index (χ1v) is 24.4. The summed E-state index contributed by atoms with van der Waals surface area (Å²) in [6.45, 7) is 8.46. The van der Waals surface area contributed by atoms with Gasteiger partial charge in [0.2, 0.25) is 0 Å². The van der Waals surface area contributed by atoms with Crippen molar-refractivity contribution in [1.82, 2.24) is 19.1 Å². The molecule has 0 saturated carbocycles. The molecule has 0 fully saturated rings. The standard InChI is InChI=1S/C68H46N4/c1-3-57-59(4-2)71(51-33-19-9-20-34-51)67(69-57)49-39-41-53-54-42-40-50(68-70-58-37-23-24-38-60(58)72(68)52-35-21-10-22-36-52)44-56(54)66-64(48-31-17-8-18-32-48)62(46-27-13-6-14-28-46)61(45-25-11-5-12-26-45)63(65(66)55(53)43-49)47-29-15-7-16-30-47/h3-44H,1-2H2. The molecule has 2 heterocycles. The van der Waals surface area contributed by atoms with Crippen LogP contribution in [-0.4, -0.2) is 19.1 Å². The molecule has 0 radical (unpaired) electrons. The largest absolute Gasteiger partial charge is 0.292 e. The number of imidazole rings is 2. The lowest BCUT2D eigenvalue weighted by molar-refractivity contribution is 1.05. The van der Waals surface area contributed by atoms with Crippen LogP contribution >= 0.6 is 0 Å². The molecule has 13 rings (SSSR count). The third kappa shape index (κ3) is 6.92. The second-order valence-corrected chi connectivity index (χ2v) is 18.1. The topological polar surface area (TPSA) is 35.6 Å². The Labute approximate surface area is 418 Å². The highest BCUT2D eigenvalue weighted by Crippen LogP contribution is 2.55. The van der Waals surface area contributed by atoms with Crippen LogP contribution in [0.2, 0.25) is 0 Å². The van der Waals surface area contributed by atoms with E-state index in [0.29, 0.717) is 0 Å². The van der Waals surface area contributed by atoms with Gasteiger partial charge in [-0.15, -0.1) is 0 Å². The second-order valence-electron chi connectivity index (χ2n) is 18.1. The van der Waals surface area contributed by atoms with Crippen molar-refractivity contribution < 1.29 is 0 Å². The van der Waals surface area contributed by atoms with E-state index >= 15 is 0 Å². The summed E-state index contributed by atoms with van der Waals surface area (Å²) < 4.78 is 4.50. The number of nitrogens with zero attached hydrogens (tertiary/aromatic N) is 4. The van der Waals surface area contributed by atoms with E-state index < -0.39 is 0 Å². The predicted molar refractivity (Wildman–Crippen MR) is 304 cm³/mol. The lowest BCUT2D eigenvalue weighted by atomic mass is 9.76. The summed E-state index contributed by atoms with van der Waals surface area (Å²) in [6.07, 6.45) is 3.70. The fourth-order valence-corrected chi connectivity index (χ4v) is 11.0. The Kier molecular flexibility index (Phi) is 10.4. The summed E-state index contributed by atoms with van der Waals surface area (Å²) in [7, 11) is 0. The Morgan fingerprint density at radius 3 is 1.15 bits per heavy atom. The zero-order chi connectivity index (χ0) is 48.1. The number of benzene rings is 11. The van der Waals surface area contributed by atoms with Gasteiger partial charge in [-0.2, -0.15) is 0 Å². The third-order valence-electron chi connectivity index (χ3n) is 14.1. The summed E-state index contributed by atoms with van der Waals surface area (Å²) in [4.78, 5) is 10.7. The Morgan fingerprint density at radius 2 is 0.708 bits per heavy atom.